The van der Waals surface area contributed by atoms with Crippen LogP contribution in [0.3, 0.4) is 0 Å². The molecule has 38 heavy (non-hydrogen) atoms. The second-order valence-electron chi connectivity index (χ2n) is 8.88. The minimum atomic E-state index is -0.370. The van der Waals surface area contributed by atoms with Crippen LogP contribution in [0.25, 0.3) is 0 Å². The Bertz CT molecular complexity index is 1390. The summed E-state index contributed by atoms with van der Waals surface area (Å²) >= 11 is 1.37. The van der Waals surface area contributed by atoms with Crippen molar-refractivity contribution in [3.63, 3.8) is 0 Å². The first kappa shape index (κ1) is 25.3. The molecule has 5 rings (SSSR count). The maximum Gasteiger partial charge on any atom is 0.231 e. The van der Waals surface area contributed by atoms with Gasteiger partial charge in [0.2, 0.25) is 16.9 Å². The summed E-state index contributed by atoms with van der Waals surface area (Å²) in [5.74, 6) is 0.538. The van der Waals surface area contributed by atoms with Crippen LogP contribution in [0.1, 0.15) is 35.0 Å². The van der Waals surface area contributed by atoms with Gasteiger partial charge in [-0.15, -0.1) is 20.4 Å². The Morgan fingerprint density at radius 1 is 0.921 bits per heavy atom. The van der Waals surface area contributed by atoms with Crippen LogP contribution in [0.15, 0.2) is 60.8 Å². The first-order chi connectivity index (χ1) is 18.5. The zero-order valence-corrected chi connectivity index (χ0v) is 21.2. The van der Waals surface area contributed by atoms with Crippen LogP contribution >= 0.6 is 11.3 Å². The standard InChI is InChI=1S/C26H25FN8O2S/c27-19-5-3-4-17(14-19)15-23(36)30-26-34-33-25(38-26)18-9-12-35(13-10-18)22-8-7-21(31-32-22)29-24(37)16-20-6-1-2-11-28-20/h1-8,11,14,18H,9-10,12-13,15-16H2,(H,29,31,37)(H,30,34,36). The fourth-order valence-corrected chi connectivity index (χ4v) is 5.14. The van der Waals surface area contributed by atoms with Crippen molar-refractivity contribution in [2.24, 2.45) is 0 Å². The topological polar surface area (TPSA) is 126 Å². The van der Waals surface area contributed by atoms with Crippen LogP contribution in [0, 0.1) is 5.82 Å². The summed E-state index contributed by atoms with van der Waals surface area (Å²) < 4.78 is 13.3. The largest absolute Gasteiger partial charge is 0.355 e. The number of halogens is 1. The van der Waals surface area contributed by atoms with Gasteiger partial charge in [0, 0.05) is 30.9 Å². The van der Waals surface area contributed by atoms with Crippen molar-refractivity contribution in [3.8, 4) is 0 Å². The lowest BCUT2D eigenvalue weighted by atomic mass is 9.98. The second-order valence-corrected chi connectivity index (χ2v) is 9.89. The zero-order valence-electron chi connectivity index (χ0n) is 20.4. The Morgan fingerprint density at radius 2 is 1.76 bits per heavy atom. The van der Waals surface area contributed by atoms with Crippen molar-refractivity contribution >= 4 is 39.9 Å². The van der Waals surface area contributed by atoms with Crippen LogP contribution in [0.5, 0.6) is 0 Å². The van der Waals surface area contributed by atoms with Gasteiger partial charge in [-0.05, 0) is 54.8 Å². The lowest BCUT2D eigenvalue weighted by molar-refractivity contribution is -0.116. The molecule has 1 saturated heterocycles. The van der Waals surface area contributed by atoms with Gasteiger partial charge in [0.05, 0.1) is 12.8 Å². The zero-order chi connectivity index (χ0) is 26.3. The average Bonchev–Trinajstić information content (AvgIpc) is 3.38. The smallest absolute Gasteiger partial charge is 0.231 e. The van der Waals surface area contributed by atoms with Gasteiger partial charge < -0.3 is 15.5 Å². The van der Waals surface area contributed by atoms with Gasteiger partial charge in [-0.25, -0.2) is 4.39 Å². The number of carbonyl (C=O) groups is 2. The maximum atomic E-state index is 13.3. The first-order valence-electron chi connectivity index (χ1n) is 12.2. The number of aromatic nitrogens is 5. The SMILES string of the molecule is O=C(Cc1ccccn1)Nc1ccc(N2CCC(c3nnc(NC(=O)Cc4cccc(F)c4)s3)CC2)nn1. The molecule has 10 nitrogen and oxygen atoms in total. The van der Waals surface area contributed by atoms with Crippen molar-refractivity contribution in [2.75, 3.05) is 28.6 Å². The summed E-state index contributed by atoms with van der Waals surface area (Å²) in [6.45, 7) is 1.54. The molecule has 12 heteroatoms. The van der Waals surface area contributed by atoms with E-state index in [9.17, 15) is 14.0 Å². The van der Waals surface area contributed by atoms with E-state index >= 15 is 0 Å². The number of anilines is 3. The molecule has 0 saturated carbocycles. The van der Waals surface area contributed by atoms with Crippen LogP contribution in [-0.4, -0.2) is 50.3 Å². The van der Waals surface area contributed by atoms with E-state index in [1.807, 2.05) is 12.1 Å². The van der Waals surface area contributed by atoms with E-state index in [4.69, 9.17) is 0 Å². The first-order valence-corrected chi connectivity index (χ1v) is 13.0. The molecule has 1 fully saturated rings. The Morgan fingerprint density at radius 3 is 2.50 bits per heavy atom. The molecule has 3 aromatic heterocycles. The van der Waals surface area contributed by atoms with E-state index in [0.29, 0.717) is 22.2 Å². The number of hydrogen-bond donors (Lipinski definition) is 2. The Kier molecular flexibility index (Phi) is 7.88. The summed E-state index contributed by atoms with van der Waals surface area (Å²) in [5.41, 5.74) is 1.29. The molecule has 0 bridgehead atoms. The summed E-state index contributed by atoms with van der Waals surface area (Å²) in [6.07, 6.45) is 3.60. The summed E-state index contributed by atoms with van der Waals surface area (Å²) in [5, 5.41) is 23.7. The van der Waals surface area contributed by atoms with Crippen LogP contribution in [0.4, 0.5) is 21.2 Å². The third-order valence-corrected chi connectivity index (χ3v) is 7.10. The normalized spacial score (nSPS) is 13.8. The van der Waals surface area contributed by atoms with Gasteiger partial charge in [-0.1, -0.05) is 29.5 Å². The molecular formula is C26H25FN8O2S. The van der Waals surface area contributed by atoms with Crippen molar-refractivity contribution in [3.05, 3.63) is 82.9 Å². The molecule has 1 aliphatic heterocycles. The van der Waals surface area contributed by atoms with Gasteiger partial charge in [-0.3, -0.25) is 14.6 Å². The predicted octanol–water partition coefficient (Wildman–Crippen LogP) is 3.61. The number of carbonyl (C=O) groups excluding carboxylic acids is 2. The number of pyridine rings is 1. The second kappa shape index (κ2) is 11.8. The number of nitrogens with zero attached hydrogens (tertiary/aromatic N) is 6. The van der Waals surface area contributed by atoms with Crippen LogP contribution in [0.2, 0.25) is 0 Å². The van der Waals surface area contributed by atoms with E-state index in [-0.39, 0.29) is 36.4 Å². The summed E-state index contributed by atoms with van der Waals surface area (Å²) in [4.78, 5) is 30.8. The average molecular weight is 533 g/mol. The molecule has 0 unspecified atom stereocenters. The number of hydrogen-bond acceptors (Lipinski definition) is 9. The minimum absolute atomic E-state index is 0.0683. The number of piperidine rings is 1. The molecule has 1 aliphatic rings. The van der Waals surface area contributed by atoms with E-state index in [0.717, 1.165) is 36.8 Å². The molecule has 4 aromatic rings. The number of rotatable bonds is 8. The fraction of sp³-hybridized carbons (Fsp3) is 0.269. The molecular weight excluding hydrogens is 507 g/mol. The highest BCUT2D eigenvalue weighted by Crippen LogP contribution is 2.33. The van der Waals surface area contributed by atoms with Crippen molar-refractivity contribution in [1.82, 2.24) is 25.4 Å². The minimum Gasteiger partial charge on any atom is -0.355 e. The predicted molar refractivity (Wildman–Crippen MR) is 141 cm³/mol. The molecule has 1 aromatic carbocycles. The van der Waals surface area contributed by atoms with Gasteiger partial charge in [-0.2, -0.15) is 0 Å². The molecule has 194 valence electrons. The Balaban J connectivity index is 1.09. The van der Waals surface area contributed by atoms with Gasteiger partial charge in [0.15, 0.2) is 11.6 Å². The molecule has 2 amide bonds. The number of nitrogens with one attached hydrogen (secondary N) is 2. The Hall–Kier alpha value is -4.32. The molecule has 0 aliphatic carbocycles. The van der Waals surface area contributed by atoms with Crippen LogP contribution < -0.4 is 15.5 Å². The summed E-state index contributed by atoms with van der Waals surface area (Å²) in [7, 11) is 0. The molecule has 4 heterocycles. The number of benzene rings is 1. The maximum absolute atomic E-state index is 13.3. The molecule has 2 N–H and O–H groups in total. The monoisotopic (exact) mass is 532 g/mol. The Labute approximate surface area is 222 Å². The van der Waals surface area contributed by atoms with Crippen molar-refractivity contribution in [2.45, 2.75) is 31.6 Å². The highest BCUT2D eigenvalue weighted by atomic mass is 32.1. The molecule has 0 spiro atoms. The quantitative estimate of drug-likeness (QED) is 0.353. The van der Waals surface area contributed by atoms with Gasteiger partial charge in [0.25, 0.3) is 0 Å². The van der Waals surface area contributed by atoms with Crippen molar-refractivity contribution < 1.29 is 14.0 Å². The third kappa shape index (κ3) is 6.71. The van der Waals surface area contributed by atoms with Gasteiger partial charge >= 0.3 is 0 Å². The lowest BCUT2D eigenvalue weighted by Crippen LogP contribution is -2.33. The fourth-order valence-electron chi connectivity index (χ4n) is 4.22. The third-order valence-electron chi connectivity index (χ3n) is 6.09. The van der Waals surface area contributed by atoms with E-state index < -0.39 is 0 Å². The highest BCUT2D eigenvalue weighted by molar-refractivity contribution is 7.15. The summed E-state index contributed by atoms with van der Waals surface area (Å²) in [6, 6.07) is 15.0. The van der Waals surface area contributed by atoms with Crippen LogP contribution in [-0.2, 0) is 22.4 Å². The van der Waals surface area contributed by atoms with E-state index in [1.165, 1.54) is 23.5 Å². The lowest BCUT2D eigenvalue weighted by Gasteiger charge is -2.31. The highest BCUT2D eigenvalue weighted by Gasteiger charge is 2.25. The molecule has 0 radical (unpaired) electrons. The molecule has 0 atom stereocenters. The van der Waals surface area contributed by atoms with E-state index in [1.54, 1.807) is 36.5 Å². The van der Waals surface area contributed by atoms with Crippen molar-refractivity contribution in [1.29, 1.82) is 0 Å². The van der Waals surface area contributed by atoms with Gasteiger partial charge in [0.1, 0.15) is 10.8 Å². The van der Waals surface area contributed by atoms with E-state index in [2.05, 4.69) is 40.9 Å². The number of amides is 2.